The van der Waals surface area contributed by atoms with Gasteiger partial charge in [-0.1, -0.05) is 15.9 Å². The third kappa shape index (κ3) is 4.72. The highest BCUT2D eigenvalue weighted by atomic mass is 79.9. The van der Waals surface area contributed by atoms with Crippen LogP contribution >= 0.6 is 15.9 Å². The number of hydrogen-bond acceptors (Lipinski definition) is 3. The molecule has 5 heteroatoms. The third-order valence-corrected chi connectivity index (χ3v) is 4.53. The molecule has 2 aliphatic rings. The van der Waals surface area contributed by atoms with Gasteiger partial charge in [0.15, 0.2) is 0 Å². The summed E-state index contributed by atoms with van der Waals surface area (Å²) in [5.41, 5.74) is 0. The maximum atomic E-state index is 12.2. The summed E-state index contributed by atoms with van der Waals surface area (Å²) in [6.45, 7) is 4.31. The summed E-state index contributed by atoms with van der Waals surface area (Å²) in [4.78, 5) is 14.2. The number of rotatable bonds is 4. The van der Waals surface area contributed by atoms with Crippen LogP contribution in [0.15, 0.2) is 0 Å². The van der Waals surface area contributed by atoms with E-state index in [1.54, 1.807) is 0 Å². The van der Waals surface area contributed by atoms with E-state index in [-0.39, 0.29) is 18.1 Å². The van der Waals surface area contributed by atoms with Crippen LogP contribution in [0.3, 0.4) is 0 Å². The zero-order valence-corrected chi connectivity index (χ0v) is 13.2. The second-order valence-corrected chi connectivity index (χ2v) is 6.20. The predicted molar refractivity (Wildman–Crippen MR) is 77.5 cm³/mol. The molecule has 2 fully saturated rings. The zero-order chi connectivity index (χ0) is 13.7. The predicted octanol–water partition coefficient (Wildman–Crippen LogP) is 2.35. The summed E-state index contributed by atoms with van der Waals surface area (Å²) in [7, 11) is 0. The van der Waals surface area contributed by atoms with Crippen molar-refractivity contribution in [2.45, 2.75) is 57.3 Å². The van der Waals surface area contributed by atoms with Crippen LogP contribution in [0.4, 0.5) is 0 Å². The lowest BCUT2D eigenvalue weighted by Gasteiger charge is -2.36. The minimum absolute atomic E-state index is 0.124. The van der Waals surface area contributed by atoms with Gasteiger partial charge in [-0.05, 0) is 32.6 Å². The van der Waals surface area contributed by atoms with Crippen LogP contribution in [-0.4, -0.2) is 54.1 Å². The second-order valence-electron chi connectivity index (χ2n) is 5.55. The Balaban J connectivity index is 1.75. The van der Waals surface area contributed by atoms with E-state index < -0.39 is 0 Å². The number of nitrogens with zero attached hydrogens (tertiary/aromatic N) is 1. The number of carbonyl (C=O) groups excluding carboxylic acids is 1. The summed E-state index contributed by atoms with van der Waals surface area (Å²) in [5, 5.41) is 0.785. The van der Waals surface area contributed by atoms with Crippen LogP contribution in [0.5, 0.6) is 0 Å². The van der Waals surface area contributed by atoms with Gasteiger partial charge in [0.2, 0.25) is 5.91 Å². The quantitative estimate of drug-likeness (QED) is 0.741. The summed E-state index contributed by atoms with van der Waals surface area (Å²) < 4.78 is 11.4. The van der Waals surface area contributed by atoms with Crippen molar-refractivity contribution in [2.75, 3.05) is 25.0 Å². The van der Waals surface area contributed by atoms with E-state index in [9.17, 15) is 4.79 Å². The molecular weight excluding hydrogens is 310 g/mol. The number of amides is 1. The van der Waals surface area contributed by atoms with E-state index in [1.165, 1.54) is 12.8 Å². The summed E-state index contributed by atoms with van der Waals surface area (Å²) in [6, 6.07) is 0. The first-order valence-corrected chi connectivity index (χ1v) is 8.42. The topological polar surface area (TPSA) is 38.8 Å². The molecule has 0 aromatic carbocycles. The van der Waals surface area contributed by atoms with Gasteiger partial charge in [-0.3, -0.25) is 4.79 Å². The Labute approximate surface area is 123 Å². The summed E-state index contributed by atoms with van der Waals surface area (Å²) in [5.74, 6) is 0.246. The fourth-order valence-corrected chi connectivity index (χ4v) is 3.17. The average Bonchev–Trinajstić information content (AvgIpc) is 2.45. The van der Waals surface area contributed by atoms with Gasteiger partial charge in [0, 0.05) is 31.4 Å². The summed E-state index contributed by atoms with van der Waals surface area (Å²) in [6.07, 6.45) is 5.53. The van der Waals surface area contributed by atoms with Crippen LogP contribution in [-0.2, 0) is 14.3 Å². The molecule has 0 spiro atoms. The molecule has 19 heavy (non-hydrogen) atoms. The molecule has 4 nitrogen and oxygen atoms in total. The van der Waals surface area contributed by atoms with E-state index in [4.69, 9.17) is 9.47 Å². The minimum Gasteiger partial charge on any atom is -0.378 e. The molecule has 0 aromatic heterocycles. The fraction of sp³-hybridized carbons (Fsp3) is 0.929. The SMILES string of the molecule is CC1CN(C(=O)CCC2CCCCO2)CC(CBr)O1. The molecule has 2 heterocycles. The van der Waals surface area contributed by atoms with Gasteiger partial charge in [-0.2, -0.15) is 0 Å². The van der Waals surface area contributed by atoms with Crippen molar-refractivity contribution >= 4 is 21.8 Å². The number of hydrogen-bond donors (Lipinski definition) is 0. The molecule has 2 saturated heterocycles. The van der Waals surface area contributed by atoms with E-state index in [0.29, 0.717) is 25.6 Å². The van der Waals surface area contributed by atoms with Crippen LogP contribution in [0.1, 0.15) is 39.0 Å². The first-order chi connectivity index (χ1) is 9.19. The van der Waals surface area contributed by atoms with Crippen molar-refractivity contribution in [1.29, 1.82) is 0 Å². The Morgan fingerprint density at radius 2 is 2.16 bits per heavy atom. The highest BCUT2D eigenvalue weighted by Crippen LogP contribution is 2.19. The normalized spacial score (nSPS) is 32.3. The van der Waals surface area contributed by atoms with Crippen molar-refractivity contribution in [1.82, 2.24) is 4.90 Å². The molecule has 0 saturated carbocycles. The number of carbonyl (C=O) groups is 1. The van der Waals surface area contributed by atoms with Crippen LogP contribution in [0.25, 0.3) is 0 Å². The molecule has 2 aliphatic heterocycles. The largest absolute Gasteiger partial charge is 0.378 e. The van der Waals surface area contributed by atoms with E-state index in [0.717, 1.165) is 24.8 Å². The first kappa shape index (κ1) is 15.3. The molecule has 0 aliphatic carbocycles. The molecule has 3 unspecified atom stereocenters. The Morgan fingerprint density at radius 3 is 2.84 bits per heavy atom. The number of morpholine rings is 1. The standard InChI is InChI=1S/C14H24BrNO3/c1-11-9-16(10-13(8-15)19-11)14(17)6-5-12-4-2-3-7-18-12/h11-13H,2-10H2,1H3. The highest BCUT2D eigenvalue weighted by Gasteiger charge is 2.28. The fourth-order valence-electron chi connectivity index (χ4n) is 2.81. The number of halogens is 1. The Bertz CT molecular complexity index is 294. The minimum atomic E-state index is 0.124. The Morgan fingerprint density at radius 1 is 1.32 bits per heavy atom. The second kappa shape index (κ2) is 7.60. The molecule has 0 bridgehead atoms. The van der Waals surface area contributed by atoms with Gasteiger partial charge in [0.05, 0.1) is 18.3 Å². The van der Waals surface area contributed by atoms with Gasteiger partial charge in [-0.15, -0.1) is 0 Å². The molecule has 3 atom stereocenters. The Kier molecular flexibility index (Phi) is 6.10. The van der Waals surface area contributed by atoms with Crippen molar-refractivity contribution in [2.24, 2.45) is 0 Å². The molecule has 0 aromatic rings. The van der Waals surface area contributed by atoms with Gasteiger partial charge < -0.3 is 14.4 Å². The van der Waals surface area contributed by atoms with Crippen molar-refractivity contribution in [3.63, 3.8) is 0 Å². The third-order valence-electron chi connectivity index (χ3n) is 3.81. The zero-order valence-electron chi connectivity index (χ0n) is 11.6. The van der Waals surface area contributed by atoms with Crippen LogP contribution in [0, 0.1) is 0 Å². The van der Waals surface area contributed by atoms with E-state index in [1.807, 2.05) is 11.8 Å². The molecule has 1 amide bonds. The summed E-state index contributed by atoms with van der Waals surface area (Å²) >= 11 is 3.43. The lowest BCUT2D eigenvalue weighted by Crippen LogP contribution is -2.49. The lowest BCUT2D eigenvalue weighted by molar-refractivity contribution is -0.143. The molecular formula is C14H24BrNO3. The maximum absolute atomic E-state index is 12.2. The highest BCUT2D eigenvalue weighted by molar-refractivity contribution is 9.09. The molecule has 2 rings (SSSR count). The van der Waals surface area contributed by atoms with Gasteiger partial charge >= 0.3 is 0 Å². The van der Waals surface area contributed by atoms with Crippen molar-refractivity contribution < 1.29 is 14.3 Å². The maximum Gasteiger partial charge on any atom is 0.222 e. The van der Waals surface area contributed by atoms with E-state index in [2.05, 4.69) is 15.9 Å². The smallest absolute Gasteiger partial charge is 0.222 e. The average molecular weight is 334 g/mol. The lowest BCUT2D eigenvalue weighted by atomic mass is 10.0. The number of ether oxygens (including phenoxy) is 2. The molecule has 0 radical (unpaired) electrons. The van der Waals surface area contributed by atoms with Gasteiger partial charge in [-0.25, -0.2) is 0 Å². The number of alkyl halides is 1. The molecule has 0 N–H and O–H groups in total. The monoisotopic (exact) mass is 333 g/mol. The van der Waals surface area contributed by atoms with Crippen molar-refractivity contribution in [3.8, 4) is 0 Å². The first-order valence-electron chi connectivity index (χ1n) is 7.30. The van der Waals surface area contributed by atoms with Crippen molar-refractivity contribution in [3.05, 3.63) is 0 Å². The van der Waals surface area contributed by atoms with Crippen LogP contribution in [0.2, 0.25) is 0 Å². The molecule has 110 valence electrons. The van der Waals surface area contributed by atoms with Gasteiger partial charge in [0.25, 0.3) is 0 Å². The van der Waals surface area contributed by atoms with Gasteiger partial charge in [0.1, 0.15) is 0 Å². The Hall–Kier alpha value is -0.130. The van der Waals surface area contributed by atoms with E-state index >= 15 is 0 Å². The van der Waals surface area contributed by atoms with Crippen LogP contribution < -0.4 is 0 Å².